The second-order valence-corrected chi connectivity index (χ2v) is 6.25. The minimum atomic E-state index is -0.852. The van der Waals surface area contributed by atoms with Gasteiger partial charge in [0.05, 0.1) is 17.9 Å². The first-order valence-corrected chi connectivity index (χ1v) is 7.39. The fraction of sp³-hybridized carbons (Fsp3) is 0.667. The Bertz CT molecular complexity index is 562. The molecular formula is C15H24N4O2. The van der Waals surface area contributed by atoms with Crippen LogP contribution in [-0.4, -0.2) is 38.1 Å². The zero-order valence-electron chi connectivity index (χ0n) is 13.4. The zero-order chi connectivity index (χ0) is 15.8. The molecular weight excluding hydrogens is 268 g/mol. The second kappa shape index (κ2) is 5.50. The van der Waals surface area contributed by atoms with E-state index in [1.807, 2.05) is 27.0 Å². The van der Waals surface area contributed by atoms with Crippen LogP contribution in [0.1, 0.15) is 45.0 Å². The molecule has 0 aromatic carbocycles. The lowest BCUT2D eigenvalue weighted by Crippen LogP contribution is -2.67. The quantitative estimate of drug-likeness (QED) is 0.904. The molecule has 6 heteroatoms. The van der Waals surface area contributed by atoms with Gasteiger partial charge < -0.3 is 10.2 Å². The molecule has 0 saturated carbocycles. The van der Waals surface area contributed by atoms with Gasteiger partial charge in [-0.2, -0.15) is 5.10 Å². The van der Waals surface area contributed by atoms with E-state index >= 15 is 0 Å². The molecule has 1 fully saturated rings. The highest BCUT2D eigenvalue weighted by atomic mass is 16.2. The Morgan fingerprint density at radius 1 is 1.38 bits per heavy atom. The van der Waals surface area contributed by atoms with Gasteiger partial charge in [0.1, 0.15) is 11.6 Å². The highest BCUT2D eigenvalue weighted by molar-refractivity contribution is 5.99. The van der Waals surface area contributed by atoms with Crippen LogP contribution in [0, 0.1) is 6.92 Å². The molecule has 2 heterocycles. The van der Waals surface area contributed by atoms with Gasteiger partial charge in [-0.05, 0) is 33.3 Å². The van der Waals surface area contributed by atoms with Crippen LogP contribution in [-0.2, 0) is 23.2 Å². The van der Waals surface area contributed by atoms with E-state index in [1.54, 1.807) is 23.4 Å². The fourth-order valence-corrected chi connectivity index (χ4v) is 2.82. The molecule has 21 heavy (non-hydrogen) atoms. The van der Waals surface area contributed by atoms with Crippen molar-refractivity contribution in [3.05, 3.63) is 17.5 Å². The van der Waals surface area contributed by atoms with Gasteiger partial charge in [0.15, 0.2) is 0 Å². The van der Waals surface area contributed by atoms with Gasteiger partial charge in [-0.25, -0.2) is 0 Å². The molecule has 0 spiro atoms. The normalized spacial score (nSPS) is 21.6. The van der Waals surface area contributed by atoms with E-state index in [0.717, 1.165) is 17.8 Å². The van der Waals surface area contributed by atoms with Crippen molar-refractivity contribution in [2.24, 2.45) is 7.05 Å². The van der Waals surface area contributed by atoms with Crippen molar-refractivity contribution in [1.82, 2.24) is 20.0 Å². The number of rotatable bonds is 4. The molecule has 1 N–H and O–H groups in total. The van der Waals surface area contributed by atoms with Crippen molar-refractivity contribution in [3.8, 4) is 0 Å². The molecule has 2 amide bonds. The Hall–Kier alpha value is -1.85. The number of aromatic nitrogens is 2. The van der Waals surface area contributed by atoms with Crippen molar-refractivity contribution in [2.75, 3.05) is 0 Å². The van der Waals surface area contributed by atoms with Crippen molar-refractivity contribution in [3.63, 3.8) is 0 Å². The third-order valence-electron chi connectivity index (χ3n) is 3.90. The molecule has 1 aromatic rings. The van der Waals surface area contributed by atoms with E-state index in [9.17, 15) is 9.59 Å². The standard InChI is InChI=1S/C15H24N4O2/c1-6-7-12-13(20)16-15(3,4)14(21)19(12)9-11-8-10(2)17-18(11)5/h8,12H,6-7,9H2,1-5H3,(H,16,20). The summed E-state index contributed by atoms with van der Waals surface area (Å²) in [5.74, 6) is -0.111. The highest BCUT2D eigenvalue weighted by Crippen LogP contribution is 2.23. The summed E-state index contributed by atoms with van der Waals surface area (Å²) in [5.41, 5.74) is 0.995. The predicted octanol–water partition coefficient (Wildman–Crippen LogP) is 1.13. The van der Waals surface area contributed by atoms with E-state index < -0.39 is 11.6 Å². The Balaban J connectivity index is 2.32. The van der Waals surface area contributed by atoms with Crippen molar-refractivity contribution >= 4 is 11.8 Å². The average Bonchev–Trinajstić information content (AvgIpc) is 2.69. The number of hydrogen-bond acceptors (Lipinski definition) is 3. The SMILES string of the molecule is CCCC1C(=O)NC(C)(C)C(=O)N1Cc1cc(C)nn1C. The van der Waals surface area contributed by atoms with Gasteiger partial charge in [0.2, 0.25) is 11.8 Å². The largest absolute Gasteiger partial charge is 0.340 e. The number of hydrogen-bond donors (Lipinski definition) is 1. The Kier molecular flexibility index (Phi) is 4.07. The van der Waals surface area contributed by atoms with E-state index in [2.05, 4.69) is 10.4 Å². The maximum Gasteiger partial charge on any atom is 0.248 e. The molecule has 2 rings (SSSR count). The van der Waals surface area contributed by atoms with Gasteiger partial charge in [-0.1, -0.05) is 13.3 Å². The number of carbonyl (C=O) groups is 2. The first kappa shape index (κ1) is 15.5. The number of nitrogens with zero attached hydrogens (tertiary/aromatic N) is 3. The van der Waals surface area contributed by atoms with Crippen molar-refractivity contribution in [2.45, 2.75) is 58.7 Å². The molecule has 0 bridgehead atoms. The van der Waals surface area contributed by atoms with Gasteiger partial charge in [-0.3, -0.25) is 14.3 Å². The molecule has 1 aliphatic rings. The van der Waals surface area contributed by atoms with E-state index in [-0.39, 0.29) is 11.8 Å². The molecule has 116 valence electrons. The molecule has 0 aliphatic carbocycles. The summed E-state index contributed by atoms with van der Waals surface area (Å²) in [6.07, 6.45) is 1.52. The van der Waals surface area contributed by atoms with Crippen LogP contribution in [0.4, 0.5) is 0 Å². The molecule has 6 nitrogen and oxygen atoms in total. The Morgan fingerprint density at radius 3 is 2.57 bits per heavy atom. The summed E-state index contributed by atoms with van der Waals surface area (Å²) in [7, 11) is 1.86. The summed E-state index contributed by atoms with van der Waals surface area (Å²) in [4.78, 5) is 26.7. The smallest absolute Gasteiger partial charge is 0.248 e. The van der Waals surface area contributed by atoms with Crippen molar-refractivity contribution in [1.29, 1.82) is 0 Å². The average molecular weight is 292 g/mol. The van der Waals surface area contributed by atoms with Crippen LogP contribution in [0.3, 0.4) is 0 Å². The van der Waals surface area contributed by atoms with Gasteiger partial charge in [-0.15, -0.1) is 0 Å². The van der Waals surface area contributed by atoms with Crippen LogP contribution in [0.2, 0.25) is 0 Å². The second-order valence-electron chi connectivity index (χ2n) is 6.25. The topological polar surface area (TPSA) is 67.2 Å². The number of amides is 2. The molecule has 1 aromatic heterocycles. The maximum absolute atomic E-state index is 12.7. The van der Waals surface area contributed by atoms with Gasteiger partial charge in [0, 0.05) is 7.05 Å². The van der Waals surface area contributed by atoms with Gasteiger partial charge in [0.25, 0.3) is 0 Å². The lowest BCUT2D eigenvalue weighted by atomic mass is 9.94. The predicted molar refractivity (Wildman–Crippen MR) is 79.4 cm³/mol. The minimum Gasteiger partial charge on any atom is -0.340 e. The Labute approximate surface area is 125 Å². The third-order valence-corrected chi connectivity index (χ3v) is 3.90. The van der Waals surface area contributed by atoms with Crippen LogP contribution < -0.4 is 5.32 Å². The molecule has 0 radical (unpaired) electrons. The number of carbonyl (C=O) groups excluding carboxylic acids is 2. The molecule has 1 atom stereocenters. The first-order valence-electron chi connectivity index (χ1n) is 7.39. The summed E-state index contributed by atoms with van der Waals surface area (Å²) in [6.45, 7) is 7.84. The summed E-state index contributed by atoms with van der Waals surface area (Å²) in [5, 5.41) is 7.13. The lowest BCUT2D eigenvalue weighted by Gasteiger charge is -2.42. The van der Waals surface area contributed by atoms with E-state index in [4.69, 9.17) is 0 Å². The monoisotopic (exact) mass is 292 g/mol. The first-order chi connectivity index (χ1) is 9.76. The third kappa shape index (κ3) is 2.94. The van der Waals surface area contributed by atoms with Gasteiger partial charge >= 0.3 is 0 Å². The van der Waals surface area contributed by atoms with Crippen molar-refractivity contribution < 1.29 is 9.59 Å². The number of piperazine rings is 1. The maximum atomic E-state index is 12.7. The summed E-state index contributed by atoms with van der Waals surface area (Å²) < 4.78 is 1.77. The van der Waals surface area contributed by atoms with E-state index in [0.29, 0.717) is 13.0 Å². The highest BCUT2D eigenvalue weighted by Gasteiger charge is 2.44. The van der Waals surface area contributed by atoms with E-state index in [1.165, 1.54) is 0 Å². The minimum absolute atomic E-state index is 0.0422. The lowest BCUT2D eigenvalue weighted by molar-refractivity contribution is -0.154. The summed E-state index contributed by atoms with van der Waals surface area (Å²) >= 11 is 0. The van der Waals surface area contributed by atoms with Crippen LogP contribution in [0.5, 0.6) is 0 Å². The number of aryl methyl sites for hydroxylation is 2. The van der Waals surface area contributed by atoms with Crippen LogP contribution in [0.25, 0.3) is 0 Å². The Morgan fingerprint density at radius 2 is 2.05 bits per heavy atom. The summed E-state index contributed by atoms with van der Waals surface area (Å²) in [6, 6.07) is 1.56. The van der Waals surface area contributed by atoms with Crippen LogP contribution in [0.15, 0.2) is 6.07 Å². The molecule has 1 aliphatic heterocycles. The molecule has 1 saturated heterocycles. The van der Waals surface area contributed by atoms with Crippen LogP contribution >= 0.6 is 0 Å². The zero-order valence-corrected chi connectivity index (χ0v) is 13.4. The fourth-order valence-electron chi connectivity index (χ4n) is 2.82. The molecule has 1 unspecified atom stereocenters. The number of nitrogens with one attached hydrogen (secondary N) is 1.